The Morgan fingerprint density at radius 3 is 2.69 bits per heavy atom. The molecule has 1 aromatic heterocycles. The van der Waals surface area contributed by atoms with Gasteiger partial charge in [-0.15, -0.1) is 0 Å². The molecular weight excluding hydrogens is 198 g/mol. The second kappa shape index (κ2) is 7.23. The highest BCUT2D eigenvalue weighted by Crippen LogP contribution is 2.10. The van der Waals surface area contributed by atoms with Crippen LogP contribution < -0.4 is 10.2 Å². The normalized spacial score (nSPS) is 10.4. The highest BCUT2D eigenvalue weighted by Gasteiger charge is 2.01. The Morgan fingerprint density at radius 2 is 2.12 bits per heavy atom. The van der Waals surface area contributed by atoms with E-state index in [0.29, 0.717) is 0 Å². The van der Waals surface area contributed by atoms with Crippen LogP contribution in [-0.2, 0) is 6.54 Å². The molecule has 0 aliphatic heterocycles. The number of unbranched alkanes of at least 4 members (excludes halogenated alkanes) is 1. The second-order valence-electron chi connectivity index (χ2n) is 4.08. The third-order valence-electron chi connectivity index (χ3n) is 2.63. The van der Waals surface area contributed by atoms with E-state index in [9.17, 15) is 0 Å². The van der Waals surface area contributed by atoms with Crippen LogP contribution in [0.1, 0.15) is 32.3 Å². The summed E-state index contributed by atoms with van der Waals surface area (Å²) in [4.78, 5) is 6.68. The zero-order valence-electron chi connectivity index (χ0n) is 10.7. The van der Waals surface area contributed by atoms with E-state index in [2.05, 4.69) is 48.2 Å². The molecule has 0 saturated heterocycles. The molecule has 1 N–H and O–H groups in total. The van der Waals surface area contributed by atoms with Crippen LogP contribution in [0.25, 0.3) is 0 Å². The minimum atomic E-state index is 0.905. The molecule has 0 aromatic carbocycles. The summed E-state index contributed by atoms with van der Waals surface area (Å²) in [6, 6.07) is 4.25. The van der Waals surface area contributed by atoms with Gasteiger partial charge in [0.05, 0.1) is 0 Å². The zero-order valence-corrected chi connectivity index (χ0v) is 10.7. The largest absolute Gasteiger partial charge is 0.360 e. The van der Waals surface area contributed by atoms with Crippen molar-refractivity contribution in [2.45, 2.75) is 33.2 Å². The fourth-order valence-electron chi connectivity index (χ4n) is 1.53. The SMILES string of the molecule is CCCCN(C)c1ccc(CNCC)cn1. The predicted molar refractivity (Wildman–Crippen MR) is 69.8 cm³/mol. The number of hydrogen-bond donors (Lipinski definition) is 1. The van der Waals surface area contributed by atoms with Crippen molar-refractivity contribution in [1.82, 2.24) is 10.3 Å². The molecule has 1 rings (SSSR count). The Bertz CT molecular complexity index is 282. The standard InChI is InChI=1S/C13H23N3/c1-4-6-9-16(3)13-8-7-12(11-15-13)10-14-5-2/h7-8,11,14H,4-6,9-10H2,1-3H3. The minimum Gasteiger partial charge on any atom is -0.360 e. The summed E-state index contributed by atoms with van der Waals surface area (Å²) in [5.74, 6) is 1.06. The first-order valence-electron chi connectivity index (χ1n) is 6.14. The van der Waals surface area contributed by atoms with Crippen LogP contribution in [0.15, 0.2) is 18.3 Å². The molecule has 90 valence electrons. The van der Waals surface area contributed by atoms with Crippen molar-refractivity contribution in [2.75, 3.05) is 25.0 Å². The molecule has 1 aromatic rings. The Morgan fingerprint density at radius 1 is 1.31 bits per heavy atom. The molecular formula is C13H23N3. The van der Waals surface area contributed by atoms with Crippen molar-refractivity contribution in [3.05, 3.63) is 23.9 Å². The fourth-order valence-corrected chi connectivity index (χ4v) is 1.53. The Hall–Kier alpha value is -1.09. The van der Waals surface area contributed by atoms with Crippen molar-refractivity contribution in [3.63, 3.8) is 0 Å². The van der Waals surface area contributed by atoms with E-state index in [1.54, 1.807) is 0 Å². The Balaban J connectivity index is 2.49. The summed E-state index contributed by atoms with van der Waals surface area (Å²) in [5, 5.41) is 3.29. The molecule has 0 spiro atoms. The number of nitrogens with one attached hydrogen (secondary N) is 1. The number of anilines is 1. The molecule has 0 fully saturated rings. The van der Waals surface area contributed by atoms with Gasteiger partial charge in [-0.3, -0.25) is 0 Å². The van der Waals surface area contributed by atoms with Gasteiger partial charge in [0.1, 0.15) is 5.82 Å². The molecule has 0 atom stereocenters. The van der Waals surface area contributed by atoms with Crippen LogP contribution in [0.2, 0.25) is 0 Å². The summed E-state index contributed by atoms with van der Waals surface area (Å²) < 4.78 is 0. The molecule has 3 nitrogen and oxygen atoms in total. The first-order valence-corrected chi connectivity index (χ1v) is 6.14. The van der Waals surface area contributed by atoms with Gasteiger partial charge >= 0.3 is 0 Å². The maximum absolute atomic E-state index is 4.47. The molecule has 16 heavy (non-hydrogen) atoms. The van der Waals surface area contributed by atoms with Gasteiger partial charge in [-0.1, -0.05) is 26.3 Å². The number of pyridine rings is 1. The lowest BCUT2D eigenvalue weighted by atomic mass is 10.2. The van der Waals surface area contributed by atoms with E-state index in [-0.39, 0.29) is 0 Å². The molecule has 1 heterocycles. The molecule has 0 aliphatic rings. The second-order valence-corrected chi connectivity index (χ2v) is 4.08. The maximum atomic E-state index is 4.47. The van der Waals surface area contributed by atoms with E-state index in [1.807, 2.05) is 6.20 Å². The van der Waals surface area contributed by atoms with E-state index in [4.69, 9.17) is 0 Å². The lowest BCUT2D eigenvalue weighted by Gasteiger charge is -2.17. The Kier molecular flexibility index (Phi) is 5.86. The van der Waals surface area contributed by atoms with Crippen molar-refractivity contribution >= 4 is 5.82 Å². The highest BCUT2D eigenvalue weighted by molar-refractivity contribution is 5.38. The van der Waals surface area contributed by atoms with E-state index in [1.165, 1.54) is 18.4 Å². The molecule has 0 bridgehead atoms. The van der Waals surface area contributed by atoms with Gasteiger partial charge in [-0.2, -0.15) is 0 Å². The number of aromatic nitrogens is 1. The number of rotatable bonds is 7. The first-order chi connectivity index (χ1) is 7.77. The molecule has 0 unspecified atom stereocenters. The minimum absolute atomic E-state index is 0.905. The van der Waals surface area contributed by atoms with Crippen molar-refractivity contribution in [1.29, 1.82) is 0 Å². The van der Waals surface area contributed by atoms with Gasteiger partial charge in [0.2, 0.25) is 0 Å². The number of nitrogens with zero attached hydrogens (tertiary/aromatic N) is 2. The summed E-state index contributed by atoms with van der Waals surface area (Å²) in [6.07, 6.45) is 4.40. The zero-order chi connectivity index (χ0) is 11.8. The molecule has 0 aliphatic carbocycles. The van der Waals surface area contributed by atoms with Crippen LogP contribution in [-0.4, -0.2) is 25.1 Å². The monoisotopic (exact) mass is 221 g/mol. The van der Waals surface area contributed by atoms with Crippen LogP contribution in [0, 0.1) is 0 Å². The smallest absolute Gasteiger partial charge is 0.128 e. The van der Waals surface area contributed by atoms with Crippen molar-refractivity contribution in [2.24, 2.45) is 0 Å². The summed E-state index contributed by atoms with van der Waals surface area (Å²) in [5.41, 5.74) is 1.24. The van der Waals surface area contributed by atoms with Gasteiger partial charge in [0.15, 0.2) is 0 Å². The summed E-state index contributed by atoms with van der Waals surface area (Å²) >= 11 is 0. The first kappa shape index (κ1) is 13.0. The van der Waals surface area contributed by atoms with Gasteiger partial charge < -0.3 is 10.2 Å². The average molecular weight is 221 g/mol. The molecule has 0 radical (unpaired) electrons. The topological polar surface area (TPSA) is 28.2 Å². The third-order valence-corrected chi connectivity index (χ3v) is 2.63. The lowest BCUT2D eigenvalue weighted by Crippen LogP contribution is -2.19. The van der Waals surface area contributed by atoms with Crippen molar-refractivity contribution in [3.8, 4) is 0 Å². The number of hydrogen-bond acceptors (Lipinski definition) is 3. The third kappa shape index (κ3) is 4.19. The van der Waals surface area contributed by atoms with Crippen LogP contribution in [0.3, 0.4) is 0 Å². The van der Waals surface area contributed by atoms with Crippen LogP contribution in [0.5, 0.6) is 0 Å². The summed E-state index contributed by atoms with van der Waals surface area (Å²) in [7, 11) is 2.10. The van der Waals surface area contributed by atoms with Gasteiger partial charge in [-0.05, 0) is 24.6 Å². The lowest BCUT2D eigenvalue weighted by molar-refractivity contribution is 0.722. The quantitative estimate of drug-likeness (QED) is 0.766. The predicted octanol–water partition coefficient (Wildman–Crippen LogP) is 2.43. The van der Waals surface area contributed by atoms with Crippen molar-refractivity contribution < 1.29 is 0 Å². The Labute approximate surface area is 98.9 Å². The van der Waals surface area contributed by atoms with E-state index >= 15 is 0 Å². The summed E-state index contributed by atoms with van der Waals surface area (Å²) in [6.45, 7) is 7.30. The van der Waals surface area contributed by atoms with E-state index < -0.39 is 0 Å². The van der Waals surface area contributed by atoms with Gasteiger partial charge in [0, 0.05) is 26.3 Å². The average Bonchev–Trinajstić information content (AvgIpc) is 2.34. The molecule has 3 heteroatoms. The van der Waals surface area contributed by atoms with Gasteiger partial charge in [-0.25, -0.2) is 4.98 Å². The van der Waals surface area contributed by atoms with Gasteiger partial charge in [0.25, 0.3) is 0 Å². The maximum Gasteiger partial charge on any atom is 0.128 e. The highest BCUT2D eigenvalue weighted by atomic mass is 15.2. The molecule has 0 amide bonds. The fraction of sp³-hybridized carbons (Fsp3) is 0.615. The molecule has 0 saturated carbocycles. The van der Waals surface area contributed by atoms with Crippen LogP contribution >= 0.6 is 0 Å². The van der Waals surface area contributed by atoms with E-state index in [0.717, 1.165) is 25.5 Å². The van der Waals surface area contributed by atoms with Crippen LogP contribution in [0.4, 0.5) is 5.82 Å².